The number of amides is 1. The first-order valence-corrected chi connectivity index (χ1v) is 10.6. The Morgan fingerprint density at radius 2 is 1.94 bits per heavy atom. The Morgan fingerprint density at radius 3 is 2.74 bits per heavy atom. The van der Waals surface area contributed by atoms with Gasteiger partial charge in [-0.1, -0.05) is 36.4 Å². The lowest BCUT2D eigenvalue weighted by Crippen LogP contribution is -2.24. The summed E-state index contributed by atoms with van der Waals surface area (Å²) in [6.07, 6.45) is 2.78. The molecular weight excluding hydrogens is 386 g/mol. The van der Waals surface area contributed by atoms with Crippen LogP contribution in [0.5, 0.6) is 0 Å². The van der Waals surface area contributed by atoms with Crippen LogP contribution in [0.15, 0.2) is 66.9 Å². The van der Waals surface area contributed by atoms with Gasteiger partial charge in [0.1, 0.15) is 5.82 Å². The van der Waals surface area contributed by atoms with Crippen molar-refractivity contribution in [1.82, 2.24) is 24.8 Å². The fraction of sp³-hybridized carbons (Fsp3) is 0.240. The van der Waals surface area contributed by atoms with Crippen molar-refractivity contribution >= 4 is 16.9 Å². The summed E-state index contributed by atoms with van der Waals surface area (Å²) in [6, 6.07) is 20.4. The summed E-state index contributed by atoms with van der Waals surface area (Å²) in [6.45, 7) is 3.15. The van der Waals surface area contributed by atoms with Crippen molar-refractivity contribution in [3.05, 3.63) is 83.7 Å². The van der Waals surface area contributed by atoms with Crippen molar-refractivity contribution in [3.63, 3.8) is 0 Å². The first-order chi connectivity index (χ1) is 15.2. The van der Waals surface area contributed by atoms with Gasteiger partial charge in [-0.25, -0.2) is 4.98 Å². The van der Waals surface area contributed by atoms with Crippen LogP contribution >= 0.6 is 0 Å². The molecule has 1 amide bonds. The number of hydrogen-bond donors (Lipinski definition) is 1. The maximum absolute atomic E-state index is 12.4. The van der Waals surface area contributed by atoms with E-state index in [1.807, 2.05) is 36.5 Å². The Morgan fingerprint density at radius 1 is 1.06 bits per heavy atom. The summed E-state index contributed by atoms with van der Waals surface area (Å²) in [7, 11) is 2.14. The number of rotatable bonds is 6. The number of imidazole rings is 1. The third-order valence-corrected chi connectivity index (χ3v) is 5.77. The predicted molar refractivity (Wildman–Crippen MR) is 122 cm³/mol. The number of aromatic nitrogens is 3. The van der Waals surface area contributed by atoms with Crippen LogP contribution in [0.4, 0.5) is 0 Å². The van der Waals surface area contributed by atoms with E-state index in [0.717, 1.165) is 47.6 Å². The lowest BCUT2D eigenvalue weighted by molar-refractivity contribution is 0.0956. The van der Waals surface area contributed by atoms with Gasteiger partial charge in [-0.15, -0.1) is 0 Å². The Hall–Kier alpha value is -3.51. The van der Waals surface area contributed by atoms with Gasteiger partial charge < -0.3 is 14.8 Å². The molecular formula is C25H25N5O. The van der Waals surface area contributed by atoms with E-state index in [9.17, 15) is 4.79 Å². The van der Waals surface area contributed by atoms with Gasteiger partial charge in [0.05, 0.1) is 16.6 Å². The monoisotopic (exact) mass is 411 g/mol. The average molecular weight is 412 g/mol. The maximum Gasteiger partial charge on any atom is 0.253 e. The van der Waals surface area contributed by atoms with Crippen molar-refractivity contribution in [1.29, 1.82) is 0 Å². The van der Waals surface area contributed by atoms with Crippen LogP contribution in [0.25, 0.3) is 22.4 Å². The van der Waals surface area contributed by atoms with E-state index >= 15 is 0 Å². The molecule has 0 saturated carbocycles. The van der Waals surface area contributed by atoms with Gasteiger partial charge in [0, 0.05) is 50.1 Å². The number of likely N-dealkylation sites (N-methyl/N-ethyl adjacent to an activating group) is 1. The van der Waals surface area contributed by atoms with Crippen LogP contribution in [0.2, 0.25) is 0 Å². The molecule has 6 heteroatoms. The van der Waals surface area contributed by atoms with Crippen LogP contribution in [-0.4, -0.2) is 45.5 Å². The zero-order valence-electron chi connectivity index (χ0n) is 17.6. The summed E-state index contributed by atoms with van der Waals surface area (Å²) in [4.78, 5) is 23.9. The lowest BCUT2D eigenvalue weighted by Gasteiger charge is -2.16. The van der Waals surface area contributed by atoms with E-state index in [4.69, 9.17) is 4.98 Å². The van der Waals surface area contributed by atoms with Gasteiger partial charge in [-0.3, -0.25) is 9.78 Å². The molecule has 6 nitrogen and oxygen atoms in total. The number of para-hydroxylation sites is 1. The topological polar surface area (TPSA) is 63.1 Å². The highest BCUT2D eigenvalue weighted by molar-refractivity contribution is 6.06. The summed E-state index contributed by atoms with van der Waals surface area (Å²) in [5.74, 6) is 0.883. The molecule has 1 aliphatic rings. The molecule has 5 rings (SSSR count). The third-order valence-electron chi connectivity index (χ3n) is 5.77. The predicted octanol–water partition coefficient (Wildman–Crippen LogP) is 3.52. The zero-order chi connectivity index (χ0) is 21.2. The molecule has 2 aromatic heterocycles. The van der Waals surface area contributed by atoms with Crippen LogP contribution < -0.4 is 5.32 Å². The standard InChI is InChI=1S/C25H25N5O/c1-29(15-12-20-5-2-3-13-26-20)17-18-8-10-19(11-9-18)24-28-22-7-4-6-21-23(22)30(24)16-14-27-25(21)31/h2-11,13H,12,14-17H2,1H3,(H,27,31). The molecule has 1 aliphatic heterocycles. The molecule has 0 radical (unpaired) electrons. The van der Waals surface area contributed by atoms with Gasteiger partial charge in [0.15, 0.2) is 0 Å². The Labute approximate surface area is 181 Å². The fourth-order valence-electron chi connectivity index (χ4n) is 4.18. The highest BCUT2D eigenvalue weighted by Crippen LogP contribution is 2.28. The average Bonchev–Trinajstić information content (AvgIpc) is 3.08. The molecule has 1 N–H and O–H groups in total. The molecule has 0 bridgehead atoms. The second-order valence-corrected chi connectivity index (χ2v) is 8.02. The number of nitrogens with zero attached hydrogens (tertiary/aromatic N) is 4. The molecule has 0 spiro atoms. The summed E-state index contributed by atoms with van der Waals surface area (Å²) < 4.78 is 2.16. The van der Waals surface area contributed by atoms with Crippen LogP contribution in [0.3, 0.4) is 0 Å². The smallest absolute Gasteiger partial charge is 0.253 e. The number of benzene rings is 2. The molecule has 156 valence electrons. The Bertz CT molecular complexity index is 1210. The molecule has 0 unspecified atom stereocenters. The number of carbonyl (C=O) groups excluding carboxylic acids is 1. The van der Waals surface area contributed by atoms with Gasteiger partial charge in [0.2, 0.25) is 0 Å². The quantitative estimate of drug-likeness (QED) is 0.527. The van der Waals surface area contributed by atoms with Gasteiger partial charge in [-0.05, 0) is 36.9 Å². The summed E-state index contributed by atoms with van der Waals surface area (Å²) >= 11 is 0. The van der Waals surface area contributed by atoms with Crippen molar-refractivity contribution in [3.8, 4) is 11.4 Å². The highest BCUT2D eigenvalue weighted by atomic mass is 16.1. The third kappa shape index (κ3) is 3.94. The molecule has 3 heterocycles. The van der Waals surface area contributed by atoms with Gasteiger partial charge in [0.25, 0.3) is 5.91 Å². The molecule has 0 atom stereocenters. The number of nitrogens with one attached hydrogen (secondary N) is 1. The maximum atomic E-state index is 12.4. The van der Waals surface area contributed by atoms with Crippen LogP contribution in [0, 0.1) is 0 Å². The number of pyridine rings is 1. The van der Waals surface area contributed by atoms with E-state index in [-0.39, 0.29) is 5.91 Å². The minimum Gasteiger partial charge on any atom is -0.350 e. The number of carbonyl (C=O) groups is 1. The molecule has 0 aliphatic carbocycles. The Kier molecular flexibility index (Phi) is 5.22. The van der Waals surface area contributed by atoms with Gasteiger partial charge >= 0.3 is 0 Å². The van der Waals surface area contributed by atoms with Crippen LogP contribution in [-0.2, 0) is 19.5 Å². The SMILES string of the molecule is CN(CCc1ccccn1)Cc1ccc(-c2nc3cccc4c3n2CCNC4=O)cc1. The van der Waals surface area contributed by atoms with Crippen molar-refractivity contribution < 1.29 is 4.79 Å². The first-order valence-electron chi connectivity index (χ1n) is 10.6. The normalized spacial score (nSPS) is 13.4. The first kappa shape index (κ1) is 19.5. The van der Waals surface area contributed by atoms with E-state index in [1.54, 1.807) is 0 Å². The Balaban J connectivity index is 1.34. The number of hydrogen-bond acceptors (Lipinski definition) is 4. The summed E-state index contributed by atoms with van der Waals surface area (Å²) in [5.41, 5.74) is 5.93. The second-order valence-electron chi connectivity index (χ2n) is 8.02. The fourth-order valence-corrected chi connectivity index (χ4v) is 4.18. The summed E-state index contributed by atoms with van der Waals surface area (Å²) in [5, 5.41) is 2.97. The van der Waals surface area contributed by atoms with E-state index < -0.39 is 0 Å². The van der Waals surface area contributed by atoms with E-state index in [2.05, 4.69) is 57.1 Å². The second kappa shape index (κ2) is 8.32. The van der Waals surface area contributed by atoms with Crippen molar-refractivity contribution in [2.75, 3.05) is 20.1 Å². The van der Waals surface area contributed by atoms with E-state index in [0.29, 0.717) is 18.7 Å². The molecule has 0 saturated heterocycles. The molecule has 0 fully saturated rings. The van der Waals surface area contributed by atoms with E-state index in [1.165, 1.54) is 5.56 Å². The highest BCUT2D eigenvalue weighted by Gasteiger charge is 2.21. The largest absolute Gasteiger partial charge is 0.350 e. The molecule has 2 aromatic carbocycles. The zero-order valence-corrected chi connectivity index (χ0v) is 17.6. The van der Waals surface area contributed by atoms with Crippen molar-refractivity contribution in [2.45, 2.75) is 19.5 Å². The van der Waals surface area contributed by atoms with Crippen LogP contribution in [0.1, 0.15) is 21.6 Å². The van der Waals surface area contributed by atoms with Gasteiger partial charge in [-0.2, -0.15) is 0 Å². The molecule has 4 aromatic rings. The lowest BCUT2D eigenvalue weighted by atomic mass is 10.1. The molecule has 31 heavy (non-hydrogen) atoms. The van der Waals surface area contributed by atoms with Crippen molar-refractivity contribution in [2.24, 2.45) is 0 Å². The minimum absolute atomic E-state index is 0.0279. The minimum atomic E-state index is -0.0279.